The van der Waals surface area contributed by atoms with Crippen LogP contribution >= 0.6 is 11.3 Å². The van der Waals surface area contributed by atoms with Gasteiger partial charge in [-0.25, -0.2) is 0 Å². The fraction of sp³-hybridized carbons (Fsp3) is 0. The second-order valence-electron chi connectivity index (χ2n) is 5.59. The number of nitrogens with zero attached hydrogens (tertiary/aromatic N) is 4. The van der Waals surface area contributed by atoms with Gasteiger partial charge in [-0.2, -0.15) is 4.52 Å². The minimum absolute atomic E-state index is 0.269. The Bertz CT molecular complexity index is 1240. The Labute approximate surface area is 145 Å². The fourth-order valence-electron chi connectivity index (χ4n) is 2.79. The maximum absolute atomic E-state index is 12.7. The maximum atomic E-state index is 12.7. The third-order valence-electron chi connectivity index (χ3n) is 4.00. The zero-order valence-electron chi connectivity index (χ0n) is 12.9. The van der Waals surface area contributed by atoms with Crippen LogP contribution in [0.25, 0.3) is 37.8 Å². The third-order valence-corrected chi connectivity index (χ3v) is 4.93. The number of hydrogen-bond donors (Lipinski definition) is 1. The summed E-state index contributed by atoms with van der Waals surface area (Å²) in [7, 11) is 0. The van der Waals surface area contributed by atoms with Gasteiger partial charge in [-0.3, -0.25) is 4.79 Å². The van der Waals surface area contributed by atoms with E-state index in [0.29, 0.717) is 15.7 Å². The molecule has 0 saturated heterocycles. The fourth-order valence-corrected chi connectivity index (χ4v) is 3.60. The van der Waals surface area contributed by atoms with Crippen molar-refractivity contribution < 1.29 is 0 Å². The second kappa shape index (κ2) is 5.35. The van der Waals surface area contributed by atoms with E-state index in [2.05, 4.69) is 20.3 Å². The van der Waals surface area contributed by atoms with Crippen LogP contribution < -0.4 is 5.56 Å². The molecule has 5 rings (SSSR count). The summed E-state index contributed by atoms with van der Waals surface area (Å²) in [5.74, 6) is 0. The molecule has 3 aromatic heterocycles. The van der Waals surface area contributed by atoms with Gasteiger partial charge in [0.15, 0.2) is 10.7 Å². The Morgan fingerprint density at radius 3 is 2.60 bits per heavy atom. The van der Waals surface area contributed by atoms with Crippen LogP contribution in [0.3, 0.4) is 0 Å². The Kier molecular flexibility index (Phi) is 3.01. The molecule has 25 heavy (non-hydrogen) atoms. The van der Waals surface area contributed by atoms with Gasteiger partial charge in [0.2, 0.25) is 4.96 Å². The molecule has 6 nitrogen and oxygen atoms in total. The van der Waals surface area contributed by atoms with Gasteiger partial charge in [0.05, 0.1) is 5.69 Å². The van der Waals surface area contributed by atoms with Crippen LogP contribution in [-0.4, -0.2) is 24.8 Å². The van der Waals surface area contributed by atoms with Crippen molar-refractivity contribution >= 4 is 27.2 Å². The first kappa shape index (κ1) is 14.1. The second-order valence-corrected chi connectivity index (χ2v) is 6.55. The molecule has 7 heteroatoms. The summed E-state index contributed by atoms with van der Waals surface area (Å²) in [6.07, 6.45) is 0. The quantitative estimate of drug-likeness (QED) is 0.532. The highest BCUT2D eigenvalue weighted by molar-refractivity contribution is 7.19. The van der Waals surface area contributed by atoms with Crippen LogP contribution in [0.5, 0.6) is 0 Å². The van der Waals surface area contributed by atoms with Crippen LogP contribution in [-0.2, 0) is 0 Å². The van der Waals surface area contributed by atoms with Gasteiger partial charge in [-0.05, 0) is 12.1 Å². The van der Waals surface area contributed by atoms with Gasteiger partial charge >= 0.3 is 5.56 Å². The van der Waals surface area contributed by atoms with Gasteiger partial charge in [-0.1, -0.05) is 59.9 Å². The lowest BCUT2D eigenvalue weighted by Crippen LogP contribution is -2.19. The van der Waals surface area contributed by atoms with E-state index in [1.54, 1.807) is 0 Å². The van der Waals surface area contributed by atoms with Gasteiger partial charge in [0, 0.05) is 16.5 Å². The smallest absolute Gasteiger partial charge is 0.302 e. The zero-order chi connectivity index (χ0) is 16.8. The van der Waals surface area contributed by atoms with E-state index in [1.807, 2.05) is 60.7 Å². The molecule has 0 aliphatic heterocycles. The standard InChI is InChI=1S/C18H11N5OS/c24-17-15(11-6-2-1-3-7-11)20-21-18-23(17)22-16(25-18)14-10-12-8-4-5-9-13(12)19-14/h1-10,19H. The molecule has 0 unspecified atom stereocenters. The molecule has 5 aromatic rings. The number of aromatic amines is 1. The van der Waals surface area contributed by atoms with E-state index in [0.717, 1.165) is 22.2 Å². The summed E-state index contributed by atoms with van der Waals surface area (Å²) in [5, 5.41) is 14.5. The number of hydrogen-bond acceptors (Lipinski definition) is 5. The van der Waals surface area contributed by atoms with Crippen LogP contribution in [0.4, 0.5) is 0 Å². The average Bonchev–Trinajstić information content (AvgIpc) is 3.27. The maximum Gasteiger partial charge on any atom is 0.302 e. The molecule has 1 N–H and O–H groups in total. The highest BCUT2D eigenvalue weighted by Crippen LogP contribution is 2.27. The van der Waals surface area contributed by atoms with Crippen LogP contribution in [0.1, 0.15) is 0 Å². The van der Waals surface area contributed by atoms with Gasteiger partial charge in [-0.15, -0.1) is 15.3 Å². The third kappa shape index (κ3) is 2.25. The van der Waals surface area contributed by atoms with Crippen LogP contribution in [0.15, 0.2) is 65.5 Å². The number of nitrogens with one attached hydrogen (secondary N) is 1. The molecule has 0 spiro atoms. The molecule has 0 fully saturated rings. The number of aromatic nitrogens is 5. The molecule has 0 saturated carbocycles. The van der Waals surface area contributed by atoms with Crippen LogP contribution in [0, 0.1) is 0 Å². The number of rotatable bonds is 2. The van der Waals surface area contributed by atoms with Crippen molar-refractivity contribution in [3.8, 4) is 22.0 Å². The van der Waals surface area contributed by atoms with E-state index in [9.17, 15) is 4.79 Å². The summed E-state index contributed by atoms with van der Waals surface area (Å²) < 4.78 is 1.32. The van der Waals surface area contributed by atoms with Gasteiger partial charge in [0.1, 0.15) is 0 Å². The predicted molar refractivity (Wildman–Crippen MR) is 97.7 cm³/mol. The number of H-pyrrole nitrogens is 1. The Hall–Kier alpha value is -3.32. The first-order chi connectivity index (χ1) is 12.3. The summed E-state index contributed by atoms with van der Waals surface area (Å²) in [6, 6.07) is 19.3. The SMILES string of the molecule is O=c1c(-c2ccccc2)nnc2sc(-c3cc4ccccc4[nH]3)nn12. The molecule has 0 radical (unpaired) electrons. The van der Waals surface area contributed by atoms with Crippen molar-refractivity contribution in [2.24, 2.45) is 0 Å². The van der Waals surface area contributed by atoms with E-state index < -0.39 is 0 Å². The van der Waals surface area contributed by atoms with Crippen LogP contribution in [0.2, 0.25) is 0 Å². The lowest BCUT2D eigenvalue weighted by molar-refractivity contribution is 0.861. The van der Waals surface area contributed by atoms with E-state index in [-0.39, 0.29) is 5.56 Å². The van der Waals surface area contributed by atoms with E-state index in [4.69, 9.17) is 0 Å². The van der Waals surface area contributed by atoms with E-state index in [1.165, 1.54) is 15.9 Å². The van der Waals surface area contributed by atoms with Crippen molar-refractivity contribution in [1.29, 1.82) is 0 Å². The molecule has 0 bridgehead atoms. The predicted octanol–water partition coefficient (Wildman–Crippen LogP) is 3.36. The lowest BCUT2D eigenvalue weighted by atomic mass is 10.2. The normalized spacial score (nSPS) is 11.4. The molecule has 0 aliphatic rings. The zero-order valence-corrected chi connectivity index (χ0v) is 13.7. The Morgan fingerprint density at radius 1 is 0.960 bits per heavy atom. The minimum atomic E-state index is -0.269. The summed E-state index contributed by atoms with van der Waals surface area (Å²) in [4.78, 5) is 16.5. The highest BCUT2D eigenvalue weighted by Gasteiger charge is 2.15. The van der Waals surface area contributed by atoms with Crippen molar-refractivity contribution in [1.82, 2.24) is 24.8 Å². The van der Waals surface area contributed by atoms with Crippen molar-refractivity contribution in [2.75, 3.05) is 0 Å². The first-order valence-corrected chi connectivity index (χ1v) is 8.51. The van der Waals surface area contributed by atoms with Gasteiger partial charge < -0.3 is 4.98 Å². The summed E-state index contributed by atoms with van der Waals surface area (Å²) >= 11 is 1.33. The monoisotopic (exact) mass is 345 g/mol. The number of benzene rings is 2. The minimum Gasteiger partial charge on any atom is -0.353 e. The average molecular weight is 345 g/mol. The van der Waals surface area contributed by atoms with Gasteiger partial charge in [0.25, 0.3) is 0 Å². The Morgan fingerprint density at radius 2 is 1.76 bits per heavy atom. The molecular weight excluding hydrogens is 334 g/mol. The topological polar surface area (TPSA) is 75.9 Å². The first-order valence-electron chi connectivity index (χ1n) is 7.70. The largest absolute Gasteiger partial charge is 0.353 e. The molecule has 3 heterocycles. The number of fused-ring (bicyclic) bond motifs is 2. The summed E-state index contributed by atoms with van der Waals surface area (Å²) in [5.41, 5.74) is 2.65. The lowest BCUT2D eigenvalue weighted by Gasteiger charge is -1.97. The highest BCUT2D eigenvalue weighted by atomic mass is 32.1. The van der Waals surface area contributed by atoms with Crippen molar-refractivity contribution in [2.45, 2.75) is 0 Å². The number of para-hydroxylation sites is 1. The van der Waals surface area contributed by atoms with Crippen molar-refractivity contribution in [3.63, 3.8) is 0 Å². The molecule has 2 aromatic carbocycles. The van der Waals surface area contributed by atoms with E-state index >= 15 is 0 Å². The molecule has 120 valence electrons. The molecular formula is C18H11N5OS. The summed E-state index contributed by atoms with van der Waals surface area (Å²) in [6.45, 7) is 0. The molecule has 0 atom stereocenters. The molecule has 0 aliphatic carbocycles. The Balaban J connectivity index is 1.69. The van der Waals surface area contributed by atoms with Crippen molar-refractivity contribution in [3.05, 3.63) is 71.0 Å². The molecule has 0 amide bonds.